The van der Waals surface area contributed by atoms with E-state index in [2.05, 4.69) is 5.32 Å². The molecule has 0 aliphatic carbocycles. The zero-order valence-electron chi connectivity index (χ0n) is 13.1. The summed E-state index contributed by atoms with van der Waals surface area (Å²) in [6.07, 6.45) is 1.32. The van der Waals surface area contributed by atoms with Crippen LogP contribution in [0, 0.1) is 10.1 Å². The molecule has 2 aromatic carbocycles. The van der Waals surface area contributed by atoms with Crippen molar-refractivity contribution in [1.29, 1.82) is 0 Å². The number of sulfone groups is 1. The molecule has 134 valence electrons. The van der Waals surface area contributed by atoms with Crippen molar-refractivity contribution < 1.29 is 18.1 Å². The highest BCUT2D eigenvalue weighted by Crippen LogP contribution is 2.30. The van der Waals surface area contributed by atoms with Gasteiger partial charge in [-0.1, -0.05) is 19.6 Å². The summed E-state index contributed by atoms with van der Waals surface area (Å²) in [6, 6.07) is 10.6. The van der Waals surface area contributed by atoms with Crippen LogP contribution >= 0.6 is 0 Å². The Morgan fingerprint density at radius 2 is 1.76 bits per heavy atom. The molecule has 0 saturated heterocycles. The number of nitro benzene ring substituents is 1. The molecule has 0 radical (unpaired) electrons. The van der Waals surface area contributed by atoms with Gasteiger partial charge >= 0.3 is 0 Å². The molecule has 0 atom stereocenters. The number of carbonyl (C=O) groups excluding carboxylic acids is 1. The quantitative estimate of drug-likeness (QED) is 0.621. The van der Waals surface area contributed by atoms with Crippen LogP contribution < -0.4 is 5.32 Å². The van der Waals surface area contributed by atoms with Crippen molar-refractivity contribution in [3.8, 4) is 0 Å². The number of nitrogens with one attached hydrogen (secondary N) is 1. The topological polar surface area (TPSA) is 106 Å². The Morgan fingerprint density at radius 1 is 1.16 bits per heavy atom. The molecule has 0 saturated carbocycles. The third kappa shape index (κ3) is 5.39. The number of ketones is 1. The highest BCUT2D eigenvalue weighted by atomic mass is 32.2. The van der Waals surface area contributed by atoms with Gasteiger partial charge in [-0.2, -0.15) is 0 Å². The summed E-state index contributed by atoms with van der Waals surface area (Å²) >= 11 is 0. The minimum Gasteiger partial charge on any atom is -0.350 e. The number of nitro groups is 1. The molecule has 0 aliphatic rings. The first-order valence-corrected chi connectivity index (χ1v) is 8.90. The van der Waals surface area contributed by atoms with Gasteiger partial charge in [-0.3, -0.25) is 14.9 Å². The van der Waals surface area contributed by atoms with E-state index in [9.17, 15) is 23.3 Å². The number of Topliss-reactive ketones (excluding diaryl/α,β-unsaturated/α-hetero) is 1. The number of benzene rings is 2. The van der Waals surface area contributed by atoms with Gasteiger partial charge in [0.1, 0.15) is 11.5 Å². The van der Waals surface area contributed by atoms with Gasteiger partial charge in [-0.05, 0) is 36.8 Å². The van der Waals surface area contributed by atoms with E-state index >= 15 is 0 Å². The molecule has 0 aromatic heterocycles. The number of hydrogen-bond donors (Lipinski definition) is 1. The maximum absolute atomic E-state index is 11.5. The van der Waals surface area contributed by atoms with E-state index in [-0.39, 0.29) is 29.5 Å². The Kier molecular flexibility index (Phi) is 6.41. The second-order valence-electron chi connectivity index (χ2n) is 5.41. The zero-order valence-corrected chi connectivity index (χ0v) is 14.0. The minimum atomic E-state index is -3.53. The molecule has 1 N–H and O–H groups in total. The van der Waals surface area contributed by atoms with Crippen LogP contribution in [0.15, 0.2) is 47.4 Å². The number of anilines is 2. The Hall–Kier alpha value is -2.74. The molecular weight excluding hydrogens is 344 g/mol. The van der Waals surface area contributed by atoms with Gasteiger partial charge in [-0.25, -0.2) is 8.42 Å². The highest BCUT2D eigenvalue weighted by Gasteiger charge is 2.18. The average molecular weight is 364 g/mol. The lowest BCUT2D eigenvalue weighted by atomic mass is 10.1. The van der Waals surface area contributed by atoms with Crippen LogP contribution in [0.4, 0.5) is 17.1 Å². The molecule has 0 bridgehead atoms. The maximum Gasteiger partial charge on any atom is 0.293 e. The summed E-state index contributed by atoms with van der Waals surface area (Å²) in [5.74, 6) is 0.0442. The zero-order chi connectivity index (χ0) is 17.9. The molecule has 25 heavy (non-hydrogen) atoms. The first-order chi connectivity index (χ1) is 11.2. The van der Waals surface area contributed by atoms with Gasteiger partial charge < -0.3 is 5.32 Å². The molecule has 8 heteroatoms. The third-order valence-electron chi connectivity index (χ3n) is 3.28. The van der Waals surface area contributed by atoms with E-state index in [0.717, 1.165) is 17.9 Å². The first-order valence-electron chi connectivity index (χ1n) is 7.01. The average Bonchev–Trinajstić information content (AvgIpc) is 2.47. The van der Waals surface area contributed by atoms with Crippen LogP contribution in [0.25, 0.3) is 0 Å². The smallest absolute Gasteiger partial charge is 0.293 e. The van der Waals surface area contributed by atoms with Crippen LogP contribution in [-0.2, 0) is 21.1 Å². The predicted octanol–water partition coefficient (Wildman–Crippen LogP) is 3.51. The van der Waals surface area contributed by atoms with Crippen molar-refractivity contribution in [3.05, 3.63) is 58.1 Å². The van der Waals surface area contributed by atoms with Crippen LogP contribution in [0.1, 0.15) is 19.9 Å². The summed E-state index contributed by atoms with van der Waals surface area (Å²) in [6.45, 7) is 1.50. The summed E-state index contributed by atoms with van der Waals surface area (Å²) in [5, 5.41) is 14.1. The van der Waals surface area contributed by atoms with Crippen molar-refractivity contribution in [3.63, 3.8) is 0 Å². The second-order valence-corrected chi connectivity index (χ2v) is 7.42. The summed E-state index contributed by atoms with van der Waals surface area (Å²) in [4.78, 5) is 21.5. The number of nitrogens with zero attached hydrogens (tertiary/aromatic N) is 1. The molecule has 0 spiro atoms. The van der Waals surface area contributed by atoms with Gasteiger partial charge in [0.25, 0.3) is 5.69 Å². The summed E-state index contributed by atoms with van der Waals surface area (Å²) in [7, 11) is -3.53. The van der Waals surface area contributed by atoms with Gasteiger partial charge in [0.05, 0.1) is 9.82 Å². The van der Waals surface area contributed by atoms with E-state index < -0.39 is 14.8 Å². The third-order valence-corrected chi connectivity index (χ3v) is 4.39. The lowest BCUT2D eigenvalue weighted by Gasteiger charge is -2.09. The molecule has 7 nitrogen and oxygen atoms in total. The van der Waals surface area contributed by atoms with Gasteiger partial charge in [0.2, 0.25) is 0 Å². The van der Waals surface area contributed by atoms with Gasteiger partial charge in [0, 0.05) is 24.4 Å². The first kappa shape index (κ1) is 20.3. The molecule has 2 rings (SSSR count). The van der Waals surface area contributed by atoms with Crippen LogP contribution in [0.3, 0.4) is 0 Å². The van der Waals surface area contributed by atoms with Crippen molar-refractivity contribution in [2.75, 3.05) is 11.6 Å². The summed E-state index contributed by atoms with van der Waals surface area (Å²) < 4.78 is 23.1. The minimum absolute atomic E-state index is 0. The van der Waals surface area contributed by atoms with E-state index in [1.54, 1.807) is 24.3 Å². The Bertz CT molecular complexity index is 890. The molecule has 2 aromatic rings. The molecular formula is C17H20N2O5S. The molecule has 0 fully saturated rings. The number of carbonyl (C=O) groups is 1. The number of rotatable bonds is 6. The van der Waals surface area contributed by atoms with E-state index in [1.165, 1.54) is 19.1 Å². The van der Waals surface area contributed by atoms with Crippen molar-refractivity contribution in [2.24, 2.45) is 0 Å². The van der Waals surface area contributed by atoms with Crippen molar-refractivity contribution in [2.45, 2.75) is 25.7 Å². The Labute approximate surface area is 146 Å². The van der Waals surface area contributed by atoms with Crippen LogP contribution in [0.5, 0.6) is 0 Å². The molecule has 0 aliphatic heterocycles. The maximum atomic E-state index is 11.5. The Balaban J connectivity index is 0.00000312. The van der Waals surface area contributed by atoms with Gasteiger partial charge in [-0.15, -0.1) is 0 Å². The molecule has 0 amide bonds. The second kappa shape index (κ2) is 7.89. The lowest BCUT2D eigenvalue weighted by molar-refractivity contribution is -0.384. The predicted molar refractivity (Wildman–Crippen MR) is 97.0 cm³/mol. The summed E-state index contributed by atoms with van der Waals surface area (Å²) in [5.41, 5.74) is 1.30. The van der Waals surface area contributed by atoms with Crippen molar-refractivity contribution >= 4 is 32.7 Å². The fourth-order valence-electron chi connectivity index (χ4n) is 2.15. The van der Waals surface area contributed by atoms with E-state index in [4.69, 9.17) is 0 Å². The fourth-order valence-corrected chi connectivity index (χ4v) is 2.79. The largest absolute Gasteiger partial charge is 0.350 e. The Morgan fingerprint density at radius 3 is 2.24 bits per heavy atom. The van der Waals surface area contributed by atoms with Crippen LogP contribution in [0.2, 0.25) is 0 Å². The van der Waals surface area contributed by atoms with E-state index in [1.807, 2.05) is 0 Å². The number of hydrogen-bond acceptors (Lipinski definition) is 6. The normalized spacial score (nSPS) is 10.6. The fraction of sp³-hybridized carbons (Fsp3) is 0.235. The van der Waals surface area contributed by atoms with Crippen molar-refractivity contribution in [1.82, 2.24) is 0 Å². The molecule has 0 heterocycles. The SMILES string of the molecule is C.CC(=O)Cc1ccc(Nc2ccc(S(C)(=O)=O)cc2[N+](=O)[O-])cc1. The van der Waals surface area contributed by atoms with Gasteiger partial charge in [0.15, 0.2) is 9.84 Å². The van der Waals surface area contributed by atoms with Crippen LogP contribution in [-0.4, -0.2) is 25.4 Å². The molecule has 0 unspecified atom stereocenters. The lowest BCUT2D eigenvalue weighted by Crippen LogP contribution is -2.02. The standard InChI is InChI=1S/C16H16N2O5S.CH4/c1-11(19)9-12-3-5-13(6-4-12)17-15-8-7-14(24(2,22)23)10-16(15)18(20)21;/h3-8,10,17H,9H2,1-2H3;1H4. The van der Waals surface area contributed by atoms with E-state index in [0.29, 0.717) is 12.1 Å². The monoisotopic (exact) mass is 364 g/mol. The highest BCUT2D eigenvalue weighted by molar-refractivity contribution is 7.90.